The molecule has 4 aromatic rings. The van der Waals surface area contributed by atoms with Crippen molar-refractivity contribution in [3.8, 4) is 22.8 Å². The van der Waals surface area contributed by atoms with Gasteiger partial charge in [0.1, 0.15) is 17.9 Å². The topological polar surface area (TPSA) is 86.5 Å². The number of aromatic carboxylic acids is 1. The Morgan fingerprint density at radius 2 is 1.80 bits per heavy atom. The average Bonchev–Trinajstić information content (AvgIpc) is 3.44. The molecule has 0 radical (unpaired) electrons. The number of para-hydroxylation sites is 1. The van der Waals surface area contributed by atoms with E-state index in [-0.39, 0.29) is 5.82 Å². The van der Waals surface area contributed by atoms with E-state index in [1.807, 2.05) is 6.07 Å². The molecule has 7 nitrogen and oxygen atoms in total. The predicted octanol–water partition coefficient (Wildman–Crippen LogP) is 7.21. The van der Waals surface area contributed by atoms with Gasteiger partial charge in [-0.25, -0.2) is 14.5 Å². The molecule has 2 aromatic heterocycles. The van der Waals surface area contributed by atoms with Gasteiger partial charge in [0.25, 0.3) is 0 Å². The molecule has 10 heteroatoms. The third-order valence-corrected chi connectivity index (χ3v) is 7.61. The maximum Gasteiger partial charge on any atom is 0.434 e. The number of pyridine rings is 1. The van der Waals surface area contributed by atoms with Crippen LogP contribution in [0.15, 0.2) is 66.9 Å². The van der Waals surface area contributed by atoms with Gasteiger partial charge in [-0.3, -0.25) is 0 Å². The molecule has 0 unspecified atom stereocenters. The summed E-state index contributed by atoms with van der Waals surface area (Å²) < 4.78 is 53.5. The first-order valence-electron chi connectivity index (χ1n) is 13.4. The summed E-state index contributed by atoms with van der Waals surface area (Å²) in [6.45, 7) is 2.37. The summed E-state index contributed by atoms with van der Waals surface area (Å²) in [5.41, 5.74) is 2.08. The number of carboxylic acids is 1. The summed E-state index contributed by atoms with van der Waals surface area (Å²) in [6, 6.07) is 18.1. The molecule has 0 spiro atoms. The van der Waals surface area contributed by atoms with Gasteiger partial charge >= 0.3 is 12.1 Å². The van der Waals surface area contributed by atoms with Gasteiger partial charge in [-0.2, -0.15) is 18.3 Å². The summed E-state index contributed by atoms with van der Waals surface area (Å²) in [4.78, 5) is 15.8. The van der Waals surface area contributed by atoms with E-state index in [0.717, 1.165) is 36.8 Å². The Balaban J connectivity index is 1.37. The fourth-order valence-corrected chi connectivity index (χ4v) is 5.37. The van der Waals surface area contributed by atoms with Crippen molar-refractivity contribution in [2.24, 2.45) is 0 Å². The second-order valence-electron chi connectivity index (χ2n) is 10.2. The van der Waals surface area contributed by atoms with E-state index in [4.69, 9.17) is 9.47 Å². The number of hydrogen-bond acceptors (Lipinski definition) is 5. The number of hydrogen-bond donors (Lipinski definition) is 1. The third kappa shape index (κ3) is 6.12. The van der Waals surface area contributed by atoms with E-state index in [1.165, 1.54) is 11.6 Å². The molecule has 1 fully saturated rings. The second-order valence-corrected chi connectivity index (χ2v) is 10.2. The summed E-state index contributed by atoms with van der Waals surface area (Å²) in [5.74, 6) is -0.849. The molecule has 41 heavy (non-hydrogen) atoms. The lowest BCUT2D eigenvalue weighted by molar-refractivity contribution is -0.143. The van der Waals surface area contributed by atoms with Crippen molar-refractivity contribution >= 4 is 5.97 Å². The van der Waals surface area contributed by atoms with Crippen molar-refractivity contribution in [3.05, 3.63) is 94.8 Å². The first-order valence-corrected chi connectivity index (χ1v) is 13.4. The second kappa shape index (κ2) is 11.7. The monoisotopic (exact) mass is 565 g/mol. The third-order valence-electron chi connectivity index (χ3n) is 7.61. The van der Waals surface area contributed by atoms with Gasteiger partial charge in [0.05, 0.1) is 18.0 Å². The molecule has 0 bridgehead atoms. The number of methoxy groups -OCH3 is 1. The zero-order valence-electron chi connectivity index (χ0n) is 22.7. The number of aromatic nitrogens is 3. The summed E-state index contributed by atoms with van der Waals surface area (Å²) in [6.07, 6.45) is 0.422. The molecule has 1 saturated carbocycles. The van der Waals surface area contributed by atoms with Crippen LogP contribution >= 0.6 is 0 Å². The highest BCUT2D eigenvalue weighted by Gasteiger charge is 2.41. The van der Waals surface area contributed by atoms with E-state index < -0.39 is 23.4 Å². The molecule has 0 amide bonds. The zero-order valence-corrected chi connectivity index (χ0v) is 22.7. The minimum Gasteiger partial charge on any atom is -0.488 e. The Morgan fingerprint density at radius 1 is 1.05 bits per heavy atom. The molecule has 5 rings (SSSR count). The van der Waals surface area contributed by atoms with Crippen molar-refractivity contribution < 1.29 is 32.5 Å². The predicted molar refractivity (Wildman–Crippen MR) is 146 cm³/mol. The lowest BCUT2D eigenvalue weighted by Crippen LogP contribution is -2.19. The van der Waals surface area contributed by atoms with Crippen LogP contribution in [0.5, 0.6) is 5.75 Å². The summed E-state index contributed by atoms with van der Waals surface area (Å²) >= 11 is 0. The first kappa shape index (κ1) is 28.4. The largest absolute Gasteiger partial charge is 0.488 e. The summed E-state index contributed by atoms with van der Waals surface area (Å²) in [5, 5.41) is 12.9. The van der Waals surface area contributed by atoms with Gasteiger partial charge in [-0.15, -0.1) is 0 Å². The van der Waals surface area contributed by atoms with Crippen LogP contribution in [-0.4, -0.2) is 39.1 Å². The molecule has 1 aliphatic carbocycles. The van der Waals surface area contributed by atoms with Crippen LogP contribution in [-0.2, 0) is 17.5 Å². The van der Waals surface area contributed by atoms with E-state index in [9.17, 15) is 23.1 Å². The number of ether oxygens (including phenoxy) is 2. The van der Waals surface area contributed by atoms with E-state index in [0.29, 0.717) is 46.5 Å². The van der Waals surface area contributed by atoms with Crippen LogP contribution in [0.2, 0.25) is 0 Å². The minimum absolute atomic E-state index is 0.164. The molecular formula is C31H30F3N3O4. The molecule has 0 saturated heterocycles. The smallest absolute Gasteiger partial charge is 0.434 e. The highest BCUT2D eigenvalue weighted by Crippen LogP contribution is 2.36. The Bertz CT molecular complexity index is 1540. The first-order chi connectivity index (χ1) is 19.7. The zero-order chi connectivity index (χ0) is 29.1. The number of benzene rings is 2. The normalized spacial score (nSPS) is 17.4. The number of carboxylic acid groups (broad SMARTS) is 1. The van der Waals surface area contributed by atoms with Crippen molar-refractivity contribution in [2.45, 2.75) is 57.4 Å². The Labute approximate surface area is 235 Å². The number of rotatable bonds is 8. The Hall–Kier alpha value is -4.18. The highest BCUT2D eigenvalue weighted by atomic mass is 19.4. The van der Waals surface area contributed by atoms with Crippen molar-refractivity contribution in [2.75, 3.05) is 7.11 Å². The van der Waals surface area contributed by atoms with Gasteiger partial charge in [-0.1, -0.05) is 36.4 Å². The Kier molecular flexibility index (Phi) is 8.12. The van der Waals surface area contributed by atoms with Crippen LogP contribution in [0, 0.1) is 6.92 Å². The van der Waals surface area contributed by atoms with E-state index in [1.54, 1.807) is 37.4 Å². The van der Waals surface area contributed by atoms with Crippen molar-refractivity contribution in [1.29, 1.82) is 0 Å². The summed E-state index contributed by atoms with van der Waals surface area (Å²) in [7, 11) is 1.77. The molecule has 1 N–H and O–H groups in total. The lowest BCUT2D eigenvalue weighted by Gasteiger charge is -2.28. The maximum absolute atomic E-state index is 13.8. The van der Waals surface area contributed by atoms with Crippen molar-refractivity contribution in [3.63, 3.8) is 0 Å². The van der Waals surface area contributed by atoms with Gasteiger partial charge in [-0.05, 0) is 79.5 Å². The van der Waals surface area contributed by atoms with Crippen LogP contribution in [0.1, 0.15) is 64.3 Å². The fourth-order valence-electron chi connectivity index (χ4n) is 5.37. The maximum atomic E-state index is 13.8. The van der Waals surface area contributed by atoms with Crippen molar-refractivity contribution in [1.82, 2.24) is 14.8 Å². The van der Waals surface area contributed by atoms with Crippen LogP contribution in [0.3, 0.4) is 0 Å². The van der Waals surface area contributed by atoms with E-state index in [2.05, 4.69) is 35.2 Å². The number of alkyl halides is 3. The molecule has 2 heterocycles. The highest BCUT2D eigenvalue weighted by molar-refractivity contribution is 5.89. The quantitative estimate of drug-likeness (QED) is 0.243. The van der Waals surface area contributed by atoms with Gasteiger partial charge in [0, 0.05) is 12.7 Å². The van der Waals surface area contributed by atoms with Gasteiger partial charge in [0.15, 0.2) is 11.5 Å². The standard InChI is InChI=1S/C31H30F3N3O4/c1-19-16-21(20-12-14-23(40-2)15-13-20)10-11-22(19)18-41-27-8-4-3-6-24(27)26-7-5-9-28(36-26)37-29(31(32,33)34)25(17-35-37)30(38)39/h3-11,16-17,20,23H,12-15,18H2,1-2H3,(H,38,39)/t20-,23-. The number of nitrogens with zero attached hydrogens (tertiary/aromatic N) is 3. The van der Waals surface area contributed by atoms with Crippen LogP contribution < -0.4 is 4.74 Å². The minimum atomic E-state index is -4.94. The number of aryl methyl sites for hydroxylation is 1. The van der Waals surface area contributed by atoms with E-state index >= 15 is 0 Å². The Morgan fingerprint density at radius 3 is 2.49 bits per heavy atom. The van der Waals surface area contributed by atoms with Crippen LogP contribution in [0.25, 0.3) is 17.1 Å². The van der Waals surface area contributed by atoms with Gasteiger partial charge < -0.3 is 14.6 Å². The number of halogens is 3. The molecule has 0 atom stereocenters. The van der Waals surface area contributed by atoms with Gasteiger partial charge in [0.2, 0.25) is 0 Å². The fraction of sp³-hybridized carbons (Fsp3) is 0.323. The lowest BCUT2D eigenvalue weighted by atomic mass is 9.82. The molecular weight excluding hydrogens is 535 g/mol. The molecule has 214 valence electrons. The average molecular weight is 566 g/mol. The molecule has 1 aliphatic rings. The van der Waals surface area contributed by atoms with Crippen LogP contribution in [0.4, 0.5) is 13.2 Å². The SMILES string of the molecule is CO[C@H]1CC[C@H](c2ccc(COc3ccccc3-c3cccc(-n4ncc(C(=O)O)c4C(F)(F)F)n3)c(C)c2)CC1. The molecule has 2 aromatic carbocycles. The molecule has 0 aliphatic heterocycles. The number of carbonyl (C=O) groups is 1.